The molecule has 1 rings (SSSR count). The smallest absolute Gasteiger partial charge is 0.253 e. The van der Waals surface area contributed by atoms with Gasteiger partial charge in [-0.3, -0.25) is 4.79 Å². The summed E-state index contributed by atoms with van der Waals surface area (Å²) in [6, 6.07) is 9.63. The number of carbonyl (C=O) groups excluding carboxylic acids is 1. The highest BCUT2D eigenvalue weighted by Gasteiger charge is 2.13. The minimum absolute atomic E-state index is 0.0419. The van der Waals surface area contributed by atoms with Crippen LogP contribution in [0.15, 0.2) is 29.2 Å². The molecule has 90 valence electrons. The Morgan fingerprint density at radius 3 is 2.53 bits per heavy atom. The van der Waals surface area contributed by atoms with E-state index in [0.717, 1.165) is 4.90 Å². The summed E-state index contributed by atoms with van der Waals surface area (Å²) in [7, 11) is 1.72. The minimum atomic E-state index is -0.144. The van der Waals surface area contributed by atoms with Crippen molar-refractivity contribution in [2.45, 2.75) is 11.8 Å². The zero-order valence-electron chi connectivity index (χ0n) is 10.3. The SMILES string of the molecule is CSc1ccc(C(=O)N(C)CC(C)C#N)cc1. The number of rotatable bonds is 4. The predicted molar refractivity (Wildman–Crippen MR) is 70.0 cm³/mol. The number of nitriles is 1. The van der Waals surface area contributed by atoms with Gasteiger partial charge in [0, 0.05) is 24.1 Å². The summed E-state index contributed by atoms with van der Waals surface area (Å²) in [5, 5.41) is 8.71. The van der Waals surface area contributed by atoms with Crippen molar-refractivity contribution in [2.24, 2.45) is 5.92 Å². The monoisotopic (exact) mass is 248 g/mol. The molecule has 1 amide bonds. The molecule has 1 unspecified atom stereocenters. The van der Waals surface area contributed by atoms with Gasteiger partial charge in [-0.05, 0) is 37.4 Å². The van der Waals surface area contributed by atoms with E-state index in [1.54, 1.807) is 30.6 Å². The Morgan fingerprint density at radius 1 is 1.47 bits per heavy atom. The maximum atomic E-state index is 12.0. The predicted octanol–water partition coefficient (Wildman–Crippen LogP) is 2.64. The summed E-state index contributed by atoms with van der Waals surface area (Å²) in [5.74, 6) is -0.186. The molecule has 3 nitrogen and oxygen atoms in total. The third-order valence-corrected chi connectivity index (χ3v) is 3.20. The van der Waals surface area contributed by atoms with Crippen molar-refractivity contribution in [1.29, 1.82) is 5.26 Å². The third-order valence-electron chi connectivity index (χ3n) is 2.45. The van der Waals surface area contributed by atoms with Crippen LogP contribution in [0.4, 0.5) is 0 Å². The molecule has 0 N–H and O–H groups in total. The fourth-order valence-corrected chi connectivity index (χ4v) is 1.90. The lowest BCUT2D eigenvalue weighted by Gasteiger charge is -2.18. The van der Waals surface area contributed by atoms with Crippen molar-refractivity contribution in [3.8, 4) is 6.07 Å². The number of carbonyl (C=O) groups is 1. The van der Waals surface area contributed by atoms with Crippen LogP contribution >= 0.6 is 11.8 Å². The Balaban J connectivity index is 2.72. The molecular formula is C13H16N2OS. The van der Waals surface area contributed by atoms with E-state index in [9.17, 15) is 4.79 Å². The van der Waals surface area contributed by atoms with E-state index in [1.165, 1.54) is 0 Å². The molecule has 0 aliphatic rings. The number of hydrogen-bond donors (Lipinski definition) is 0. The second-order valence-electron chi connectivity index (χ2n) is 3.94. The van der Waals surface area contributed by atoms with Gasteiger partial charge in [-0.1, -0.05) is 0 Å². The molecule has 0 aliphatic carbocycles. The van der Waals surface area contributed by atoms with Gasteiger partial charge >= 0.3 is 0 Å². The summed E-state index contributed by atoms with van der Waals surface area (Å²) < 4.78 is 0. The zero-order chi connectivity index (χ0) is 12.8. The molecule has 4 heteroatoms. The van der Waals surface area contributed by atoms with Crippen LogP contribution in [-0.4, -0.2) is 30.7 Å². The first-order valence-corrected chi connectivity index (χ1v) is 6.60. The van der Waals surface area contributed by atoms with Crippen molar-refractivity contribution < 1.29 is 4.79 Å². The van der Waals surface area contributed by atoms with E-state index in [4.69, 9.17) is 5.26 Å². The standard InChI is InChI=1S/C13H16N2OS/c1-10(8-14)9-15(2)13(16)11-4-6-12(17-3)7-5-11/h4-7,10H,9H2,1-3H3. The Hall–Kier alpha value is -1.47. The molecule has 0 aromatic heterocycles. The van der Waals surface area contributed by atoms with E-state index < -0.39 is 0 Å². The van der Waals surface area contributed by atoms with Crippen LogP contribution in [0.5, 0.6) is 0 Å². The molecule has 0 heterocycles. The van der Waals surface area contributed by atoms with Crippen LogP contribution in [0, 0.1) is 17.2 Å². The summed E-state index contributed by atoms with van der Waals surface area (Å²) in [6.07, 6.45) is 2.00. The minimum Gasteiger partial charge on any atom is -0.340 e. The summed E-state index contributed by atoms with van der Waals surface area (Å²) in [5.41, 5.74) is 0.662. The first-order chi connectivity index (χ1) is 8.08. The van der Waals surface area contributed by atoms with Gasteiger partial charge in [0.15, 0.2) is 0 Å². The first-order valence-electron chi connectivity index (χ1n) is 5.37. The second kappa shape index (κ2) is 6.31. The molecule has 0 saturated carbocycles. The maximum absolute atomic E-state index is 12.0. The highest BCUT2D eigenvalue weighted by molar-refractivity contribution is 7.98. The largest absolute Gasteiger partial charge is 0.340 e. The molecule has 1 atom stereocenters. The van der Waals surface area contributed by atoms with Gasteiger partial charge in [-0.25, -0.2) is 0 Å². The van der Waals surface area contributed by atoms with Gasteiger partial charge in [-0.15, -0.1) is 11.8 Å². The van der Waals surface area contributed by atoms with E-state index in [-0.39, 0.29) is 11.8 Å². The van der Waals surface area contributed by atoms with Crippen molar-refractivity contribution in [3.05, 3.63) is 29.8 Å². The van der Waals surface area contributed by atoms with Gasteiger partial charge in [0.1, 0.15) is 0 Å². The zero-order valence-corrected chi connectivity index (χ0v) is 11.1. The summed E-state index contributed by atoms with van der Waals surface area (Å²) >= 11 is 1.64. The van der Waals surface area contributed by atoms with Crippen LogP contribution in [0.2, 0.25) is 0 Å². The Bertz CT molecular complexity index is 422. The number of benzene rings is 1. The van der Waals surface area contributed by atoms with Crippen molar-refractivity contribution in [1.82, 2.24) is 4.90 Å². The molecule has 0 aliphatic heterocycles. The molecule has 0 bridgehead atoms. The van der Waals surface area contributed by atoms with Gasteiger partial charge in [-0.2, -0.15) is 5.26 Å². The maximum Gasteiger partial charge on any atom is 0.253 e. The first kappa shape index (κ1) is 13.6. The van der Waals surface area contributed by atoms with Gasteiger partial charge in [0.25, 0.3) is 5.91 Å². The number of amides is 1. The van der Waals surface area contributed by atoms with E-state index in [1.807, 2.05) is 30.5 Å². The number of thioether (sulfide) groups is 1. The van der Waals surface area contributed by atoms with Crippen molar-refractivity contribution in [2.75, 3.05) is 19.8 Å². The lowest BCUT2D eigenvalue weighted by atomic mass is 10.1. The molecule has 0 radical (unpaired) electrons. The lowest BCUT2D eigenvalue weighted by molar-refractivity contribution is 0.0785. The second-order valence-corrected chi connectivity index (χ2v) is 4.82. The molecule has 0 spiro atoms. The molecular weight excluding hydrogens is 232 g/mol. The van der Waals surface area contributed by atoms with Crippen LogP contribution in [0.1, 0.15) is 17.3 Å². The lowest BCUT2D eigenvalue weighted by Crippen LogP contribution is -2.30. The Labute approximate surface area is 106 Å². The van der Waals surface area contributed by atoms with Gasteiger partial charge in [0.05, 0.1) is 12.0 Å². The van der Waals surface area contributed by atoms with E-state index in [0.29, 0.717) is 12.1 Å². The Morgan fingerprint density at radius 2 is 2.06 bits per heavy atom. The molecule has 17 heavy (non-hydrogen) atoms. The molecule has 1 aromatic carbocycles. The number of hydrogen-bond acceptors (Lipinski definition) is 3. The van der Waals surface area contributed by atoms with E-state index in [2.05, 4.69) is 6.07 Å². The third kappa shape index (κ3) is 3.79. The normalized spacial score (nSPS) is 11.6. The highest BCUT2D eigenvalue weighted by Crippen LogP contribution is 2.15. The van der Waals surface area contributed by atoms with Crippen molar-refractivity contribution in [3.63, 3.8) is 0 Å². The average molecular weight is 248 g/mol. The van der Waals surface area contributed by atoms with Crippen LogP contribution < -0.4 is 0 Å². The number of nitrogens with zero attached hydrogens (tertiary/aromatic N) is 2. The molecule has 1 aromatic rings. The molecule has 0 saturated heterocycles. The average Bonchev–Trinajstić information content (AvgIpc) is 2.37. The quantitative estimate of drug-likeness (QED) is 0.769. The van der Waals surface area contributed by atoms with Crippen LogP contribution in [0.3, 0.4) is 0 Å². The van der Waals surface area contributed by atoms with Gasteiger partial charge in [0.2, 0.25) is 0 Å². The topological polar surface area (TPSA) is 44.1 Å². The van der Waals surface area contributed by atoms with Crippen LogP contribution in [-0.2, 0) is 0 Å². The Kier molecular flexibility index (Phi) is 5.05. The fraction of sp³-hybridized carbons (Fsp3) is 0.385. The highest BCUT2D eigenvalue weighted by atomic mass is 32.2. The van der Waals surface area contributed by atoms with Gasteiger partial charge < -0.3 is 4.90 Å². The van der Waals surface area contributed by atoms with E-state index >= 15 is 0 Å². The summed E-state index contributed by atoms with van der Waals surface area (Å²) in [4.78, 5) is 14.7. The summed E-state index contributed by atoms with van der Waals surface area (Å²) in [6.45, 7) is 2.26. The fourth-order valence-electron chi connectivity index (χ4n) is 1.49. The molecule has 0 fully saturated rings. The van der Waals surface area contributed by atoms with Crippen LogP contribution in [0.25, 0.3) is 0 Å². The van der Waals surface area contributed by atoms with Crippen molar-refractivity contribution >= 4 is 17.7 Å².